The molecule has 0 unspecified atom stereocenters. The molecule has 0 bridgehead atoms. The number of nitrogens with zero attached hydrogens (tertiary/aromatic N) is 2. The number of rotatable bonds is 4. The molecule has 1 aliphatic heterocycles. The highest BCUT2D eigenvalue weighted by molar-refractivity contribution is 5.87. The lowest BCUT2D eigenvalue weighted by molar-refractivity contribution is -0.385. The fourth-order valence-corrected chi connectivity index (χ4v) is 1.50. The van der Waals surface area contributed by atoms with Gasteiger partial charge in [0.05, 0.1) is 16.6 Å². The first-order chi connectivity index (χ1) is 8.22. The molecule has 1 aromatic carbocycles. The van der Waals surface area contributed by atoms with E-state index in [-0.39, 0.29) is 12.5 Å². The highest BCUT2D eigenvalue weighted by Crippen LogP contribution is 2.37. The molecule has 90 valence electrons. The van der Waals surface area contributed by atoms with Crippen LogP contribution in [0.25, 0.3) is 0 Å². The van der Waals surface area contributed by atoms with Crippen LogP contribution in [0.4, 0.5) is 5.69 Å². The summed E-state index contributed by atoms with van der Waals surface area (Å²) >= 11 is 0. The van der Waals surface area contributed by atoms with Crippen LogP contribution in [-0.4, -0.2) is 24.5 Å². The Morgan fingerprint density at radius 2 is 2.18 bits per heavy atom. The molecule has 6 nitrogen and oxygen atoms in total. The van der Waals surface area contributed by atoms with Gasteiger partial charge >= 0.3 is 0 Å². The van der Waals surface area contributed by atoms with Crippen LogP contribution >= 0.6 is 0 Å². The zero-order chi connectivity index (χ0) is 12.3. The van der Waals surface area contributed by atoms with Gasteiger partial charge in [-0.15, -0.1) is 0 Å². The summed E-state index contributed by atoms with van der Waals surface area (Å²) in [6.45, 7) is 2.74. The minimum absolute atomic E-state index is 0.0193. The number of hydrogen-bond donors (Lipinski definition) is 0. The van der Waals surface area contributed by atoms with E-state index in [1.807, 2.05) is 6.92 Å². The number of nitro benzene ring substituents is 1. The maximum atomic E-state index is 10.9. The highest BCUT2D eigenvalue weighted by atomic mass is 16.7. The highest BCUT2D eigenvalue weighted by Gasteiger charge is 2.22. The fourth-order valence-electron chi connectivity index (χ4n) is 1.50. The van der Waals surface area contributed by atoms with Crippen LogP contribution in [-0.2, 0) is 0 Å². The molecular formula is C11H12N2O4. The molecule has 0 saturated heterocycles. The molecule has 0 atom stereocenters. The Morgan fingerprint density at radius 3 is 2.82 bits per heavy atom. The molecule has 0 aromatic heterocycles. The third-order valence-corrected chi connectivity index (χ3v) is 2.30. The molecular weight excluding hydrogens is 224 g/mol. The standard InChI is InChI=1S/C11H12N2O4/c1-2-3-12-6-8-4-10-11(17-7-16-10)5-9(8)13(14)15/h4-6H,2-3,7H2,1H3. The number of aliphatic imine (C=N–C) groups is 1. The van der Waals surface area contributed by atoms with Gasteiger partial charge in [-0.25, -0.2) is 0 Å². The smallest absolute Gasteiger partial charge is 0.282 e. The van der Waals surface area contributed by atoms with Crippen molar-refractivity contribution in [2.45, 2.75) is 13.3 Å². The Kier molecular flexibility index (Phi) is 3.22. The molecule has 6 heteroatoms. The van der Waals surface area contributed by atoms with Gasteiger partial charge in [-0.1, -0.05) is 6.92 Å². The summed E-state index contributed by atoms with van der Waals surface area (Å²) in [5.74, 6) is 0.929. The van der Waals surface area contributed by atoms with Crippen molar-refractivity contribution in [2.24, 2.45) is 4.99 Å². The Bertz CT molecular complexity index is 471. The third-order valence-electron chi connectivity index (χ3n) is 2.30. The summed E-state index contributed by atoms with van der Waals surface area (Å²) in [5.41, 5.74) is 0.418. The van der Waals surface area contributed by atoms with Crippen molar-refractivity contribution in [2.75, 3.05) is 13.3 Å². The monoisotopic (exact) mass is 236 g/mol. The van der Waals surface area contributed by atoms with Crippen molar-refractivity contribution in [3.8, 4) is 11.5 Å². The van der Waals surface area contributed by atoms with E-state index >= 15 is 0 Å². The van der Waals surface area contributed by atoms with E-state index in [2.05, 4.69) is 4.99 Å². The largest absolute Gasteiger partial charge is 0.454 e. The van der Waals surface area contributed by atoms with Gasteiger partial charge in [-0.2, -0.15) is 0 Å². The van der Waals surface area contributed by atoms with Gasteiger partial charge in [0.15, 0.2) is 11.5 Å². The maximum Gasteiger partial charge on any atom is 0.282 e. The average molecular weight is 236 g/mol. The van der Waals surface area contributed by atoms with Crippen LogP contribution in [0.2, 0.25) is 0 Å². The first kappa shape index (κ1) is 11.4. The molecule has 1 heterocycles. The van der Waals surface area contributed by atoms with E-state index < -0.39 is 4.92 Å². The molecule has 0 amide bonds. The molecule has 0 N–H and O–H groups in total. The lowest BCUT2D eigenvalue weighted by Crippen LogP contribution is -1.95. The van der Waals surface area contributed by atoms with E-state index in [0.29, 0.717) is 23.6 Å². The minimum atomic E-state index is -0.449. The lowest BCUT2D eigenvalue weighted by Gasteiger charge is -2.00. The van der Waals surface area contributed by atoms with E-state index in [1.54, 1.807) is 6.07 Å². The van der Waals surface area contributed by atoms with Crippen LogP contribution < -0.4 is 9.47 Å². The second-order valence-electron chi connectivity index (χ2n) is 3.56. The number of nitro groups is 1. The second kappa shape index (κ2) is 4.82. The van der Waals surface area contributed by atoms with Crippen LogP contribution in [0.1, 0.15) is 18.9 Å². The van der Waals surface area contributed by atoms with Gasteiger partial charge in [-0.3, -0.25) is 15.1 Å². The zero-order valence-corrected chi connectivity index (χ0v) is 9.38. The topological polar surface area (TPSA) is 74.0 Å². The van der Waals surface area contributed by atoms with Gasteiger partial charge in [-0.05, 0) is 12.5 Å². The molecule has 0 radical (unpaired) electrons. The first-order valence-corrected chi connectivity index (χ1v) is 5.30. The van der Waals surface area contributed by atoms with Gasteiger partial charge < -0.3 is 9.47 Å². The summed E-state index contributed by atoms with van der Waals surface area (Å²) in [5, 5.41) is 10.9. The summed E-state index contributed by atoms with van der Waals surface area (Å²) in [6.07, 6.45) is 2.40. The van der Waals surface area contributed by atoms with Crippen molar-refractivity contribution in [1.29, 1.82) is 0 Å². The number of hydrogen-bond acceptors (Lipinski definition) is 5. The molecule has 0 saturated carbocycles. The predicted octanol–water partition coefficient (Wildman–Crippen LogP) is 2.15. The summed E-state index contributed by atoms with van der Waals surface area (Å²) in [4.78, 5) is 14.6. The maximum absolute atomic E-state index is 10.9. The first-order valence-electron chi connectivity index (χ1n) is 5.30. The van der Waals surface area contributed by atoms with Gasteiger partial charge in [0.1, 0.15) is 0 Å². The van der Waals surface area contributed by atoms with Gasteiger partial charge in [0, 0.05) is 12.8 Å². The summed E-state index contributed by atoms with van der Waals surface area (Å²) < 4.78 is 10.3. The SMILES string of the molecule is CCCN=Cc1cc2c(cc1[N+](=O)[O-])OCO2. The Morgan fingerprint density at radius 1 is 1.47 bits per heavy atom. The third kappa shape index (κ3) is 2.35. The Hall–Kier alpha value is -2.11. The van der Waals surface area contributed by atoms with Crippen LogP contribution in [0, 0.1) is 10.1 Å². The van der Waals surface area contributed by atoms with E-state index in [0.717, 1.165) is 6.42 Å². The Balaban J connectivity index is 2.38. The number of ether oxygens (including phenoxy) is 2. The normalized spacial score (nSPS) is 13.2. The van der Waals surface area contributed by atoms with Crippen molar-refractivity contribution >= 4 is 11.9 Å². The number of fused-ring (bicyclic) bond motifs is 1. The minimum Gasteiger partial charge on any atom is -0.454 e. The molecule has 0 aliphatic carbocycles. The summed E-state index contributed by atoms with van der Waals surface area (Å²) in [6, 6.07) is 2.95. The van der Waals surface area contributed by atoms with Crippen molar-refractivity contribution in [3.05, 3.63) is 27.8 Å². The molecule has 1 aromatic rings. The zero-order valence-electron chi connectivity index (χ0n) is 9.38. The molecule has 2 rings (SSSR count). The predicted molar refractivity (Wildman–Crippen MR) is 62.0 cm³/mol. The van der Waals surface area contributed by atoms with Crippen LogP contribution in [0.15, 0.2) is 17.1 Å². The molecule has 1 aliphatic rings. The average Bonchev–Trinajstić information content (AvgIpc) is 2.75. The Labute approximate surface area is 98.0 Å². The second-order valence-corrected chi connectivity index (χ2v) is 3.56. The van der Waals surface area contributed by atoms with Gasteiger partial charge in [0.25, 0.3) is 5.69 Å². The van der Waals surface area contributed by atoms with Gasteiger partial charge in [0.2, 0.25) is 6.79 Å². The molecule has 17 heavy (non-hydrogen) atoms. The lowest BCUT2D eigenvalue weighted by atomic mass is 10.1. The van der Waals surface area contributed by atoms with Crippen LogP contribution in [0.5, 0.6) is 11.5 Å². The van der Waals surface area contributed by atoms with Crippen molar-refractivity contribution in [3.63, 3.8) is 0 Å². The van der Waals surface area contributed by atoms with Crippen LogP contribution in [0.3, 0.4) is 0 Å². The van der Waals surface area contributed by atoms with Crippen molar-refractivity contribution < 1.29 is 14.4 Å². The number of benzene rings is 1. The summed E-state index contributed by atoms with van der Waals surface area (Å²) in [7, 11) is 0. The van der Waals surface area contributed by atoms with E-state index in [1.165, 1.54) is 12.3 Å². The van der Waals surface area contributed by atoms with E-state index in [4.69, 9.17) is 9.47 Å². The quantitative estimate of drug-likeness (QED) is 0.456. The fraction of sp³-hybridized carbons (Fsp3) is 0.364. The van der Waals surface area contributed by atoms with Crippen molar-refractivity contribution in [1.82, 2.24) is 0 Å². The molecule has 0 fully saturated rings. The molecule has 0 spiro atoms. The van der Waals surface area contributed by atoms with E-state index in [9.17, 15) is 10.1 Å².